The number of aromatic nitrogens is 1. The molecule has 0 aliphatic carbocycles. The number of pyridine rings is 1. The number of anilines is 2. The van der Waals surface area contributed by atoms with Gasteiger partial charge in [-0.2, -0.15) is 0 Å². The number of nitrogens with one attached hydrogen (secondary N) is 1. The van der Waals surface area contributed by atoms with E-state index in [0.717, 1.165) is 50.7 Å². The van der Waals surface area contributed by atoms with E-state index in [2.05, 4.69) is 192 Å². The number of benzene rings is 8. The van der Waals surface area contributed by atoms with Crippen LogP contribution in [-0.4, -0.2) is 17.0 Å². The van der Waals surface area contributed by atoms with Crippen LogP contribution in [0.25, 0.3) is 71.6 Å². The highest BCUT2D eigenvalue weighted by molar-refractivity contribution is 6.25. The van der Waals surface area contributed by atoms with Gasteiger partial charge in [0.25, 0.3) is 0 Å². The van der Waals surface area contributed by atoms with Crippen molar-refractivity contribution in [3.05, 3.63) is 218 Å². The maximum Gasteiger partial charge on any atom is 0.142 e. The second-order valence-electron chi connectivity index (χ2n) is 14.6. The van der Waals surface area contributed by atoms with Gasteiger partial charge in [0.1, 0.15) is 12.0 Å². The summed E-state index contributed by atoms with van der Waals surface area (Å²) < 4.78 is 0. The Morgan fingerprint density at radius 3 is 1.54 bits per heavy atom. The van der Waals surface area contributed by atoms with Crippen LogP contribution in [0.3, 0.4) is 0 Å². The van der Waals surface area contributed by atoms with E-state index in [9.17, 15) is 0 Å². The number of aliphatic imine (C=N–C) groups is 1. The molecular weight excluding hydrogens is 693 g/mol. The molecule has 1 aromatic heterocycles. The van der Waals surface area contributed by atoms with Gasteiger partial charge in [0.05, 0.1) is 17.1 Å². The molecule has 57 heavy (non-hydrogen) atoms. The largest absolute Gasteiger partial charge is 0.359 e. The minimum absolute atomic E-state index is 0.238. The minimum Gasteiger partial charge on any atom is -0.359 e. The summed E-state index contributed by atoms with van der Waals surface area (Å²) in [6.07, 6.45) is 3.61. The van der Waals surface area contributed by atoms with Gasteiger partial charge in [-0.05, 0) is 84.8 Å². The fourth-order valence-electron chi connectivity index (χ4n) is 8.75. The number of hydrogen-bond donors (Lipinski definition) is 1. The fraction of sp³-hybridized carbons (Fsp3) is 0.0189. The number of amidine groups is 1. The van der Waals surface area contributed by atoms with Crippen LogP contribution in [0, 0.1) is 0 Å². The van der Waals surface area contributed by atoms with Crippen LogP contribution in [0.5, 0.6) is 0 Å². The van der Waals surface area contributed by atoms with E-state index in [-0.39, 0.29) is 6.17 Å². The summed E-state index contributed by atoms with van der Waals surface area (Å²) in [7, 11) is 0. The average molecular weight is 729 g/mol. The highest BCUT2D eigenvalue weighted by atomic mass is 15.4. The fourth-order valence-corrected chi connectivity index (χ4v) is 8.75. The minimum atomic E-state index is -0.238. The van der Waals surface area contributed by atoms with E-state index in [4.69, 9.17) is 9.98 Å². The Kier molecular flexibility index (Phi) is 7.85. The summed E-state index contributed by atoms with van der Waals surface area (Å²) in [5, 5.41) is 8.93. The first-order valence-electron chi connectivity index (χ1n) is 19.4. The predicted octanol–water partition coefficient (Wildman–Crippen LogP) is 13.1. The van der Waals surface area contributed by atoms with Crippen molar-refractivity contribution in [1.82, 2.24) is 4.98 Å². The molecule has 2 aliphatic heterocycles. The Bertz CT molecular complexity index is 2950. The van der Waals surface area contributed by atoms with Crippen molar-refractivity contribution in [3.8, 4) is 44.5 Å². The predicted molar refractivity (Wildman–Crippen MR) is 238 cm³/mol. The normalized spacial score (nSPS) is 14.5. The molecule has 4 nitrogen and oxygen atoms in total. The first-order valence-corrected chi connectivity index (χ1v) is 19.4. The van der Waals surface area contributed by atoms with Gasteiger partial charge in [-0.3, -0.25) is 9.88 Å². The smallest absolute Gasteiger partial charge is 0.142 e. The first-order chi connectivity index (χ1) is 28.3. The van der Waals surface area contributed by atoms with Crippen LogP contribution in [0.15, 0.2) is 212 Å². The molecule has 11 rings (SSSR count). The van der Waals surface area contributed by atoms with Crippen LogP contribution < -0.4 is 10.2 Å². The molecule has 8 aromatic carbocycles. The van der Waals surface area contributed by atoms with E-state index >= 15 is 0 Å². The average Bonchev–Trinajstić information content (AvgIpc) is 3.69. The third-order valence-corrected chi connectivity index (χ3v) is 11.3. The third-order valence-electron chi connectivity index (χ3n) is 11.3. The highest BCUT2D eigenvalue weighted by Gasteiger charge is 2.40. The molecule has 1 unspecified atom stereocenters. The molecule has 1 atom stereocenters. The molecule has 0 spiro atoms. The van der Waals surface area contributed by atoms with Gasteiger partial charge in [0.15, 0.2) is 0 Å². The summed E-state index contributed by atoms with van der Waals surface area (Å²) in [4.78, 5) is 12.4. The molecule has 0 bridgehead atoms. The zero-order valence-electron chi connectivity index (χ0n) is 31.0. The molecule has 4 heteroatoms. The number of fused-ring (bicyclic) bond motifs is 5. The zero-order valence-corrected chi connectivity index (χ0v) is 31.0. The van der Waals surface area contributed by atoms with E-state index in [1.807, 2.05) is 24.5 Å². The molecule has 9 aromatic rings. The molecule has 0 fully saturated rings. The molecule has 0 radical (unpaired) electrons. The van der Waals surface area contributed by atoms with Gasteiger partial charge in [0, 0.05) is 29.1 Å². The van der Waals surface area contributed by atoms with Gasteiger partial charge >= 0.3 is 0 Å². The van der Waals surface area contributed by atoms with Crippen molar-refractivity contribution in [2.75, 3.05) is 10.2 Å². The lowest BCUT2D eigenvalue weighted by Gasteiger charge is -2.32. The Balaban J connectivity index is 1.20. The van der Waals surface area contributed by atoms with Crippen LogP contribution in [0.4, 0.5) is 11.4 Å². The van der Waals surface area contributed by atoms with Crippen LogP contribution in [-0.2, 0) is 0 Å². The molecule has 1 N–H and O–H groups in total. The SMILES string of the molecule is C1=C(c2ccccn2)C2Nc3c(-c4c5ccccc5c(-c5ccccc5)c5ccccc45)cc(-c4ccc(-c5ccccc5)cc4)cc3N2C(c2ccccc2)=N1. The van der Waals surface area contributed by atoms with Crippen molar-refractivity contribution in [2.24, 2.45) is 4.99 Å². The van der Waals surface area contributed by atoms with Gasteiger partial charge < -0.3 is 5.32 Å². The highest BCUT2D eigenvalue weighted by Crippen LogP contribution is 2.53. The van der Waals surface area contributed by atoms with Crippen molar-refractivity contribution >= 4 is 44.3 Å². The monoisotopic (exact) mass is 728 g/mol. The molecule has 268 valence electrons. The standard InChI is InChI=1S/C53H36N4/c1-4-16-35(17-5-1)36-27-29-37(30-28-36)40-32-45(50-43-24-12-10-22-41(43)49(38-18-6-2-7-19-38)42-23-11-13-25-44(42)50)51-48(33-40)57-52(39-20-8-3-9-21-39)55-34-46(53(57)56-51)47-26-14-15-31-54-47/h1-34,53,56H. The third kappa shape index (κ3) is 5.53. The molecular formula is C53H36N4. The Hall–Kier alpha value is -7.56. The Morgan fingerprint density at radius 1 is 0.439 bits per heavy atom. The lowest BCUT2D eigenvalue weighted by molar-refractivity contribution is 0.939. The first kappa shape index (κ1) is 32.8. The van der Waals surface area contributed by atoms with Crippen LogP contribution in [0.2, 0.25) is 0 Å². The number of nitrogens with zero attached hydrogens (tertiary/aromatic N) is 3. The van der Waals surface area contributed by atoms with Crippen molar-refractivity contribution in [3.63, 3.8) is 0 Å². The Labute approximate surface area is 331 Å². The van der Waals surface area contributed by atoms with Crippen LogP contribution >= 0.6 is 0 Å². The summed E-state index contributed by atoms with van der Waals surface area (Å²) in [5.41, 5.74) is 14.6. The van der Waals surface area contributed by atoms with E-state index in [0.29, 0.717) is 0 Å². The second-order valence-corrected chi connectivity index (χ2v) is 14.6. The summed E-state index contributed by atoms with van der Waals surface area (Å²) >= 11 is 0. The van der Waals surface area contributed by atoms with Crippen molar-refractivity contribution < 1.29 is 0 Å². The topological polar surface area (TPSA) is 40.5 Å². The molecule has 0 amide bonds. The molecule has 2 aliphatic rings. The summed E-state index contributed by atoms with van der Waals surface area (Å²) in [5.74, 6) is 0.892. The summed E-state index contributed by atoms with van der Waals surface area (Å²) in [6, 6.07) is 69.4. The molecule has 3 heterocycles. The summed E-state index contributed by atoms with van der Waals surface area (Å²) in [6.45, 7) is 0. The maximum atomic E-state index is 5.19. The quantitative estimate of drug-likeness (QED) is 0.173. The van der Waals surface area contributed by atoms with Crippen LogP contribution in [0.1, 0.15) is 11.3 Å². The van der Waals surface area contributed by atoms with Gasteiger partial charge in [-0.25, -0.2) is 4.99 Å². The maximum absolute atomic E-state index is 5.19. The second kappa shape index (κ2) is 13.6. The molecule has 0 saturated heterocycles. The van der Waals surface area contributed by atoms with Gasteiger partial charge in [0.2, 0.25) is 0 Å². The van der Waals surface area contributed by atoms with Gasteiger partial charge in [-0.1, -0.05) is 170 Å². The zero-order chi connectivity index (χ0) is 37.7. The number of hydrogen-bond acceptors (Lipinski definition) is 4. The van der Waals surface area contributed by atoms with Crippen molar-refractivity contribution in [2.45, 2.75) is 6.17 Å². The van der Waals surface area contributed by atoms with E-state index in [1.165, 1.54) is 49.4 Å². The van der Waals surface area contributed by atoms with Gasteiger partial charge in [-0.15, -0.1) is 0 Å². The van der Waals surface area contributed by atoms with E-state index < -0.39 is 0 Å². The number of rotatable bonds is 6. The molecule has 0 saturated carbocycles. The van der Waals surface area contributed by atoms with E-state index in [1.54, 1.807) is 0 Å². The van der Waals surface area contributed by atoms with Crippen molar-refractivity contribution in [1.29, 1.82) is 0 Å². The lowest BCUT2D eigenvalue weighted by Crippen LogP contribution is -2.43. The Morgan fingerprint density at radius 2 is 0.947 bits per heavy atom. The lowest BCUT2D eigenvalue weighted by atomic mass is 9.84.